The first kappa shape index (κ1) is 20.1. The predicted octanol–water partition coefficient (Wildman–Crippen LogP) is 2.13. The lowest BCUT2D eigenvalue weighted by molar-refractivity contribution is -0.116. The molecule has 1 rings (SSSR count). The number of amides is 1. The molecule has 0 aliphatic heterocycles. The summed E-state index contributed by atoms with van der Waals surface area (Å²) in [5, 5.41) is 22.7. The molecule has 3 N–H and O–H groups in total. The Labute approximate surface area is 142 Å². The van der Waals surface area contributed by atoms with Gasteiger partial charge in [0.25, 0.3) is 0 Å². The lowest BCUT2D eigenvalue weighted by atomic mass is 9.99. The van der Waals surface area contributed by atoms with Crippen molar-refractivity contribution in [3.8, 4) is 0 Å². The van der Waals surface area contributed by atoms with E-state index in [0.717, 1.165) is 5.56 Å². The maximum atomic E-state index is 11.5. The Kier molecular flexibility index (Phi) is 7.38. The maximum Gasteiger partial charge on any atom is 0.407 e. The van der Waals surface area contributed by atoms with E-state index in [-0.39, 0.29) is 18.7 Å². The molecule has 0 heterocycles. The van der Waals surface area contributed by atoms with Gasteiger partial charge in [-0.15, -0.1) is 0 Å². The average molecular weight is 337 g/mol. The number of nitrogens with one attached hydrogen (secondary N) is 1. The van der Waals surface area contributed by atoms with Crippen molar-refractivity contribution in [3.05, 3.63) is 35.4 Å². The fourth-order valence-corrected chi connectivity index (χ4v) is 2.14. The molecule has 2 atom stereocenters. The summed E-state index contributed by atoms with van der Waals surface area (Å²) in [7, 11) is 0. The first-order valence-electron chi connectivity index (χ1n) is 8.00. The zero-order valence-corrected chi connectivity index (χ0v) is 14.7. The smallest absolute Gasteiger partial charge is 0.407 e. The highest BCUT2D eigenvalue weighted by atomic mass is 16.6. The van der Waals surface area contributed by atoms with Gasteiger partial charge in [0.1, 0.15) is 17.5 Å². The third-order valence-corrected chi connectivity index (χ3v) is 3.25. The molecule has 24 heavy (non-hydrogen) atoms. The van der Waals surface area contributed by atoms with E-state index in [9.17, 15) is 19.8 Å². The monoisotopic (exact) mass is 337 g/mol. The van der Waals surface area contributed by atoms with Crippen LogP contribution in [0.1, 0.15) is 51.3 Å². The number of Topliss-reactive ketones (excluding diaryl/α,β-unsaturated/α-hetero) is 1. The maximum absolute atomic E-state index is 11.5. The number of hydrogen-bond donors (Lipinski definition) is 3. The summed E-state index contributed by atoms with van der Waals surface area (Å²) in [4.78, 5) is 22.6. The number of ketones is 1. The van der Waals surface area contributed by atoms with Gasteiger partial charge in [0.15, 0.2) is 0 Å². The Morgan fingerprint density at radius 3 is 2.25 bits per heavy atom. The van der Waals surface area contributed by atoms with Crippen LogP contribution in [0.3, 0.4) is 0 Å². The molecule has 0 saturated carbocycles. The zero-order valence-electron chi connectivity index (χ0n) is 14.7. The summed E-state index contributed by atoms with van der Waals surface area (Å²) in [5.74, 6) is 0.0663. The van der Waals surface area contributed by atoms with Gasteiger partial charge in [0.05, 0.1) is 6.10 Å². The molecule has 0 aromatic heterocycles. The van der Waals surface area contributed by atoms with E-state index in [1.165, 1.54) is 6.92 Å². The SMILES string of the molecule is CC(=O)Cc1ccc(C(O)C(O)CCNC(=O)OC(C)(C)C)cc1. The predicted molar refractivity (Wildman–Crippen MR) is 90.6 cm³/mol. The Balaban J connectivity index is 2.45. The molecule has 1 aromatic rings. The molecule has 0 saturated heterocycles. The topological polar surface area (TPSA) is 95.9 Å². The lowest BCUT2D eigenvalue weighted by Gasteiger charge is -2.21. The van der Waals surface area contributed by atoms with Crippen LogP contribution in [0.25, 0.3) is 0 Å². The Hall–Kier alpha value is -1.92. The van der Waals surface area contributed by atoms with Gasteiger partial charge in [0.2, 0.25) is 0 Å². The molecule has 6 nitrogen and oxygen atoms in total. The van der Waals surface area contributed by atoms with Gasteiger partial charge in [-0.05, 0) is 45.2 Å². The van der Waals surface area contributed by atoms with Crippen LogP contribution in [0.2, 0.25) is 0 Å². The molecule has 0 aliphatic rings. The summed E-state index contributed by atoms with van der Waals surface area (Å²) >= 11 is 0. The molecule has 0 spiro atoms. The van der Waals surface area contributed by atoms with Crippen LogP contribution < -0.4 is 5.32 Å². The van der Waals surface area contributed by atoms with Gasteiger partial charge in [0, 0.05) is 13.0 Å². The number of benzene rings is 1. The summed E-state index contributed by atoms with van der Waals surface area (Å²) < 4.78 is 5.09. The summed E-state index contributed by atoms with van der Waals surface area (Å²) in [6, 6.07) is 6.89. The van der Waals surface area contributed by atoms with E-state index < -0.39 is 23.9 Å². The van der Waals surface area contributed by atoms with Crippen molar-refractivity contribution in [2.75, 3.05) is 6.54 Å². The van der Waals surface area contributed by atoms with Crippen molar-refractivity contribution in [2.45, 2.75) is 58.3 Å². The second-order valence-corrected chi connectivity index (χ2v) is 6.85. The van der Waals surface area contributed by atoms with Crippen LogP contribution in [0.5, 0.6) is 0 Å². The molecule has 1 amide bonds. The molecular weight excluding hydrogens is 310 g/mol. The minimum Gasteiger partial charge on any atom is -0.444 e. The first-order chi connectivity index (χ1) is 11.1. The van der Waals surface area contributed by atoms with Gasteiger partial charge in [-0.3, -0.25) is 4.79 Å². The van der Waals surface area contributed by atoms with Crippen LogP contribution in [0, 0.1) is 0 Å². The molecule has 6 heteroatoms. The number of carbonyl (C=O) groups excluding carboxylic acids is 2. The molecular formula is C18H27NO5. The minimum absolute atomic E-state index is 0.0663. The van der Waals surface area contributed by atoms with Crippen molar-refractivity contribution >= 4 is 11.9 Å². The van der Waals surface area contributed by atoms with E-state index in [4.69, 9.17) is 4.74 Å². The van der Waals surface area contributed by atoms with Crippen molar-refractivity contribution in [2.24, 2.45) is 0 Å². The molecule has 134 valence electrons. The molecule has 0 radical (unpaired) electrons. The van der Waals surface area contributed by atoms with Crippen molar-refractivity contribution in [1.29, 1.82) is 0 Å². The normalized spacial score (nSPS) is 13.9. The largest absolute Gasteiger partial charge is 0.444 e. The fraction of sp³-hybridized carbons (Fsp3) is 0.556. The van der Waals surface area contributed by atoms with Gasteiger partial charge in [-0.1, -0.05) is 24.3 Å². The summed E-state index contributed by atoms with van der Waals surface area (Å²) in [6.45, 7) is 7.00. The van der Waals surface area contributed by atoms with Gasteiger partial charge < -0.3 is 20.3 Å². The first-order valence-corrected chi connectivity index (χ1v) is 8.00. The van der Waals surface area contributed by atoms with Crippen LogP contribution in [-0.2, 0) is 16.0 Å². The van der Waals surface area contributed by atoms with E-state index >= 15 is 0 Å². The van der Waals surface area contributed by atoms with Crippen LogP contribution >= 0.6 is 0 Å². The van der Waals surface area contributed by atoms with Crippen LogP contribution in [-0.4, -0.2) is 40.3 Å². The number of rotatable bonds is 7. The lowest BCUT2D eigenvalue weighted by Crippen LogP contribution is -2.34. The van der Waals surface area contributed by atoms with Gasteiger partial charge in [-0.25, -0.2) is 4.79 Å². The number of ether oxygens (including phenoxy) is 1. The summed E-state index contributed by atoms with van der Waals surface area (Å²) in [6.07, 6.45) is -2.10. The number of hydrogen-bond acceptors (Lipinski definition) is 5. The Morgan fingerprint density at radius 1 is 1.17 bits per heavy atom. The quantitative estimate of drug-likeness (QED) is 0.708. The van der Waals surface area contributed by atoms with Crippen LogP contribution in [0.15, 0.2) is 24.3 Å². The third kappa shape index (κ3) is 7.57. The molecule has 0 bridgehead atoms. The van der Waals surface area contributed by atoms with E-state index in [0.29, 0.717) is 12.0 Å². The van der Waals surface area contributed by atoms with Gasteiger partial charge in [-0.2, -0.15) is 0 Å². The Morgan fingerprint density at radius 2 is 1.75 bits per heavy atom. The van der Waals surface area contributed by atoms with Crippen LogP contribution in [0.4, 0.5) is 4.79 Å². The van der Waals surface area contributed by atoms with E-state index in [2.05, 4.69) is 5.32 Å². The number of aliphatic hydroxyl groups excluding tert-OH is 2. The van der Waals surface area contributed by atoms with Crippen molar-refractivity contribution < 1.29 is 24.5 Å². The molecule has 0 fully saturated rings. The van der Waals surface area contributed by atoms with Crippen molar-refractivity contribution in [3.63, 3.8) is 0 Å². The van der Waals surface area contributed by atoms with E-state index in [1.54, 1.807) is 45.0 Å². The molecule has 2 unspecified atom stereocenters. The zero-order chi connectivity index (χ0) is 18.3. The van der Waals surface area contributed by atoms with Gasteiger partial charge >= 0.3 is 6.09 Å². The Bertz CT molecular complexity index is 548. The number of alkyl carbamates (subject to hydrolysis) is 1. The van der Waals surface area contributed by atoms with E-state index in [1.807, 2.05) is 0 Å². The third-order valence-electron chi connectivity index (χ3n) is 3.25. The summed E-state index contributed by atoms with van der Waals surface area (Å²) in [5.41, 5.74) is 0.843. The highest BCUT2D eigenvalue weighted by molar-refractivity contribution is 5.78. The highest BCUT2D eigenvalue weighted by Gasteiger charge is 2.20. The number of aliphatic hydroxyl groups is 2. The van der Waals surface area contributed by atoms with Crippen molar-refractivity contribution in [1.82, 2.24) is 5.32 Å². The molecule has 1 aromatic carbocycles. The average Bonchev–Trinajstić information content (AvgIpc) is 2.44. The second-order valence-electron chi connectivity index (χ2n) is 6.85. The molecule has 0 aliphatic carbocycles. The standard InChI is InChI=1S/C18H27NO5/c1-12(20)11-13-5-7-14(8-6-13)16(22)15(21)9-10-19-17(23)24-18(2,3)4/h5-8,15-16,21-22H,9-11H2,1-4H3,(H,19,23). The number of carbonyl (C=O) groups is 2. The second kappa shape index (κ2) is 8.80. The highest BCUT2D eigenvalue weighted by Crippen LogP contribution is 2.19. The fourth-order valence-electron chi connectivity index (χ4n) is 2.14. The minimum atomic E-state index is -1.06.